The van der Waals surface area contributed by atoms with E-state index in [2.05, 4.69) is 37.2 Å². The minimum Gasteiger partial charge on any atom is -0.319 e. The fourth-order valence-electron chi connectivity index (χ4n) is 1.46. The lowest BCUT2D eigenvalue weighted by atomic mass is 10.2. The van der Waals surface area contributed by atoms with Crippen LogP contribution in [0.15, 0.2) is 45.3 Å². The summed E-state index contributed by atoms with van der Waals surface area (Å²) in [5.74, 6) is -1.53. The molecule has 2 rings (SSSR count). The SMILES string of the molecule is O=C(Nc1cc(Br)ccc1F)c1ccc(F)cc1Br. The first-order valence-electron chi connectivity index (χ1n) is 5.19. The summed E-state index contributed by atoms with van der Waals surface area (Å²) in [4.78, 5) is 12.0. The smallest absolute Gasteiger partial charge is 0.256 e. The van der Waals surface area contributed by atoms with Crippen molar-refractivity contribution in [3.63, 3.8) is 0 Å². The number of benzene rings is 2. The lowest BCUT2D eigenvalue weighted by Gasteiger charge is -2.08. The summed E-state index contributed by atoms with van der Waals surface area (Å²) < 4.78 is 27.4. The molecule has 0 fully saturated rings. The zero-order chi connectivity index (χ0) is 14.0. The highest BCUT2D eigenvalue weighted by atomic mass is 79.9. The Morgan fingerprint density at radius 1 is 1.05 bits per heavy atom. The topological polar surface area (TPSA) is 29.1 Å². The molecule has 0 spiro atoms. The molecule has 2 aromatic carbocycles. The highest BCUT2D eigenvalue weighted by Crippen LogP contribution is 2.23. The van der Waals surface area contributed by atoms with Gasteiger partial charge >= 0.3 is 0 Å². The van der Waals surface area contributed by atoms with Gasteiger partial charge in [0.2, 0.25) is 0 Å². The van der Waals surface area contributed by atoms with E-state index in [1.807, 2.05) is 0 Å². The third kappa shape index (κ3) is 3.39. The molecule has 6 heteroatoms. The fraction of sp³-hybridized carbons (Fsp3) is 0. The lowest BCUT2D eigenvalue weighted by molar-refractivity contribution is 0.102. The van der Waals surface area contributed by atoms with Crippen molar-refractivity contribution in [3.05, 3.63) is 62.5 Å². The van der Waals surface area contributed by atoms with E-state index in [4.69, 9.17) is 0 Å². The Bertz CT molecular complexity index is 647. The predicted octanol–water partition coefficient (Wildman–Crippen LogP) is 4.74. The second-order valence-electron chi connectivity index (χ2n) is 3.70. The molecule has 98 valence electrons. The van der Waals surface area contributed by atoms with Gasteiger partial charge in [0.25, 0.3) is 5.91 Å². The van der Waals surface area contributed by atoms with Gasteiger partial charge in [0.05, 0.1) is 11.3 Å². The van der Waals surface area contributed by atoms with Crippen LogP contribution in [0.5, 0.6) is 0 Å². The quantitative estimate of drug-likeness (QED) is 0.788. The van der Waals surface area contributed by atoms with Crippen molar-refractivity contribution >= 4 is 43.5 Å². The highest BCUT2D eigenvalue weighted by molar-refractivity contribution is 9.10. The molecule has 0 saturated carbocycles. The van der Waals surface area contributed by atoms with Crippen LogP contribution in [0.4, 0.5) is 14.5 Å². The van der Waals surface area contributed by atoms with E-state index < -0.39 is 17.5 Å². The average molecular weight is 391 g/mol. The maximum atomic E-state index is 13.5. The summed E-state index contributed by atoms with van der Waals surface area (Å²) in [6.07, 6.45) is 0. The van der Waals surface area contributed by atoms with Gasteiger partial charge in [0.15, 0.2) is 0 Å². The molecule has 1 N–H and O–H groups in total. The minimum atomic E-state index is -0.546. The van der Waals surface area contributed by atoms with Gasteiger partial charge in [0.1, 0.15) is 11.6 Å². The lowest BCUT2D eigenvalue weighted by Crippen LogP contribution is -2.13. The molecule has 0 saturated heterocycles. The largest absolute Gasteiger partial charge is 0.319 e. The number of nitrogens with one attached hydrogen (secondary N) is 1. The molecule has 0 aliphatic heterocycles. The Hall–Kier alpha value is -1.27. The standard InChI is InChI=1S/C13H7Br2F2NO/c14-7-1-4-11(17)12(5-7)18-13(19)9-3-2-8(16)6-10(9)15/h1-6H,(H,18,19). The summed E-state index contributed by atoms with van der Waals surface area (Å²) in [6.45, 7) is 0. The van der Waals surface area contributed by atoms with Crippen LogP contribution in [0.1, 0.15) is 10.4 Å². The van der Waals surface area contributed by atoms with Crippen LogP contribution >= 0.6 is 31.9 Å². The minimum absolute atomic E-state index is 0.0515. The molecule has 0 atom stereocenters. The molecular weight excluding hydrogens is 384 g/mol. The molecule has 0 unspecified atom stereocenters. The fourth-order valence-corrected chi connectivity index (χ4v) is 2.35. The van der Waals surface area contributed by atoms with Gasteiger partial charge in [-0.25, -0.2) is 8.78 Å². The van der Waals surface area contributed by atoms with Crippen LogP contribution in [-0.4, -0.2) is 5.91 Å². The van der Waals surface area contributed by atoms with Gasteiger partial charge in [0, 0.05) is 8.95 Å². The van der Waals surface area contributed by atoms with Crippen molar-refractivity contribution in [2.45, 2.75) is 0 Å². The number of carbonyl (C=O) groups is 1. The van der Waals surface area contributed by atoms with Crippen LogP contribution in [-0.2, 0) is 0 Å². The summed E-state index contributed by atoms with van der Waals surface area (Å²) >= 11 is 6.28. The molecule has 0 aromatic heterocycles. The van der Waals surface area contributed by atoms with Gasteiger partial charge in [-0.2, -0.15) is 0 Å². The Morgan fingerprint density at radius 2 is 1.79 bits per heavy atom. The van der Waals surface area contributed by atoms with Gasteiger partial charge in [-0.05, 0) is 52.3 Å². The molecule has 0 aliphatic rings. The monoisotopic (exact) mass is 389 g/mol. The first kappa shape index (κ1) is 14.1. The van der Waals surface area contributed by atoms with E-state index in [9.17, 15) is 13.6 Å². The first-order chi connectivity index (χ1) is 8.97. The summed E-state index contributed by atoms with van der Waals surface area (Å²) in [7, 11) is 0. The van der Waals surface area contributed by atoms with Crippen LogP contribution in [0.2, 0.25) is 0 Å². The second-order valence-corrected chi connectivity index (χ2v) is 5.47. The van der Waals surface area contributed by atoms with Gasteiger partial charge in [-0.15, -0.1) is 0 Å². The van der Waals surface area contributed by atoms with Gasteiger partial charge < -0.3 is 5.32 Å². The Labute approximate surface area is 125 Å². The zero-order valence-corrected chi connectivity index (χ0v) is 12.6. The first-order valence-corrected chi connectivity index (χ1v) is 6.77. The number of hydrogen-bond acceptors (Lipinski definition) is 1. The average Bonchev–Trinajstić information content (AvgIpc) is 2.33. The summed E-state index contributed by atoms with van der Waals surface area (Å²) in [5.41, 5.74) is 0.274. The zero-order valence-electron chi connectivity index (χ0n) is 9.38. The normalized spacial score (nSPS) is 10.3. The number of halogens is 4. The third-order valence-electron chi connectivity index (χ3n) is 2.35. The van der Waals surface area contributed by atoms with E-state index in [1.54, 1.807) is 0 Å². The van der Waals surface area contributed by atoms with Crippen molar-refractivity contribution < 1.29 is 13.6 Å². The highest BCUT2D eigenvalue weighted by Gasteiger charge is 2.13. The maximum absolute atomic E-state index is 13.5. The van der Waals surface area contributed by atoms with E-state index in [1.165, 1.54) is 30.3 Å². The molecule has 19 heavy (non-hydrogen) atoms. The van der Waals surface area contributed by atoms with Crippen LogP contribution in [0.3, 0.4) is 0 Å². The van der Waals surface area contributed by atoms with Crippen molar-refractivity contribution in [1.82, 2.24) is 0 Å². The molecule has 0 aliphatic carbocycles. The van der Waals surface area contributed by atoms with Crippen molar-refractivity contribution in [2.75, 3.05) is 5.32 Å². The van der Waals surface area contributed by atoms with Crippen molar-refractivity contribution in [2.24, 2.45) is 0 Å². The molecule has 2 nitrogen and oxygen atoms in total. The van der Waals surface area contributed by atoms with Crippen LogP contribution in [0.25, 0.3) is 0 Å². The third-order valence-corrected chi connectivity index (χ3v) is 3.50. The van der Waals surface area contributed by atoms with E-state index in [-0.39, 0.29) is 11.3 Å². The van der Waals surface area contributed by atoms with Crippen molar-refractivity contribution in [3.8, 4) is 0 Å². The van der Waals surface area contributed by atoms with Crippen LogP contribution in [0, 0.1) is 11.6 Å². The predicted molar refractivity (Wildman–Crippen MR) is 76.2 cm³/mol. The second kappa shape index (κ2) is 5.79. The Morgan fingerprint density at radius 3 is 2.47 bits per heavy atom. The Balaban J connectivity index is 2.28. The summed E-state index contributed by atoms with van der Waals surface area (Å²) in [5, 5.41) is 2.43. The molecule has 0 radical (unpaired) electrons. The Kier molecular flexibility index (Phi) is 4.31. The maximum Gasteiger partial charge on any atom is 0.256 e. The molecule has 1 amide bonds. The van der Waals surface area contributed by atoms with E-state index in [0.717, 1.165) is 6.07 Å². The van der Waals surface area contributed by atoms with Crippen molar-refractivity contribution in [1.29, 1.82) is 0 Å². The number of carbonyl (C=O) groups excluding carboxylic acids is 1. The van der Waals surface area contributed by atoms with Gasteiger partial charge in [-0.1, -0.05) is 15.9 Å². The number of amides is 1. The number of hydrogen-bond donors (Lipinski definition) is 1. The summed E-state index contributed by atoms with van der Waals surface area (Å²) in [6, 6.07) is 7.87. The number of rotatable bonds is 2. The van der Waals surface area contributed by atoms with Crippen LogP contribution < -0.4 is 5.32 Å². The van der Waals surface area contributed by atoms with E-state index in [0.29, 0.717) is 8.95 Å². The molecule has 0 heterocycles. The molecule has 2 aromatic rings. The molecular formula is C13H7Br2F2NO. The van der Waals surface area contributed by atoms with Gasteiger partial charge in [-0.3, -0.25) is 4.79 Å². The molecule has 0 bridgehead atoms. The van der Waals surface area contributed by atoms with E-state index >= 15 is 0 Å². The number of anilines is 1.